The molecule has 0 aliphatic carbocycles. The zero-order chi connectivity index (χ0) is 20.2. The van der Waals surface area contributed by atoms with Crippen molar-refractivity contribution in [2.75, 3.05) is 11.1 Å². The number of anilines is 2. The fraction of sp³-hybridized carbons (Fsp3) is 0.174. The highest BCUT2D eigenvalue weighted by atomic mass is 16.5. The van der Waals surface area contributed by atoms with Crippen molar-refractivity contribution in [3.8, 4) is 5.88 Å². The van der Waals surface area contributed by atoms with Crippen LogP contribution in [0.5, 0.6) is 5.88 Å². The lowest BCUT2D eigenvalue weighted by Crippen LogP contribution is -2.07. The molecule has 4 rings (SSSR count). The lowest BCUT2D eigenvalue weighted by atomic mass is 9.96. The van der Waals surface area contributed by atoms with Gasteiger partial charge in [0.05, 0.1) is 0 Å². The molecule has 0 aliphatic heterocycles. The summed E-state index contributed by atoms with van der Waals surface area (Å²) in [6, 6.07) is 15.9. The molecule has 0 saturated heterocycles. The summed E-state index contributed by atoms with van der Waals surface area (Å²) in [5.41, 5.74) is 10.7. The van der Waals surface area contributed by atoms with Gasteiger partial charge in [0.2, 0.25) is 5.88 Å². The molecule has 29 heavy (non-hydrogen) atoms. The molecule has 146 valence electrons. The number of fused-ring (bicyclic) bond motifs is 1. The van der Waals surface area contributed by atoms with Crippen LogP contribution in [0.2, 0.25) is 0 Å². The summed E-state index contributed by atoms with van der Waals surface area (Å²) >= 11 is 0. The van der Waals surface area contributed by atoms with Gasteiger partial charge < -0.3 is 15.8 Å². The Morgan fingerprint density at radius 1 is 0.966 bits per heavy atom. The first kappa shape index (κ1) is 18.7. The highest BCUT2D eigenvalue weighted by Crippen LogP contribution is 2.28. The maximum Gasteiger partial charge on any atom is 0.218 e. The van der Waals surface area contributed by atoms with Crippen LogP contribution in [0.1, 0.15) is 22.3 Å². The molecular formula is C23H23N5O. The minimum absolute atomic E-state index is 0.468. The summed E-state index contributed by atoms with van der Waals surface area (Å²) in [6.07, 6.45) is 3.26. The van der Waals surface area contributed by atoms with E-state index < -0.39 is 0 Å². The zero-order valence-electron chi connectivity index (χ0n) is 16.5. The van der Waals surface area contributed by atoms with Gasteiger partial charge in [-0.3, -0.25) is 0 Å². The highest BCUT2D eigenvalue weighted by molar-refractivity contribution is 5.94. The lowest BCUT2D eigenvalue weighted by molar-refractivity contribution is 0.293. The summed E-state index contributed by atoms with van der Waals surface area (Å²) in [5.74, 6) is 1.82. The Hall–Kier alpha value is -3.67. The number of ether oxygens (including phenoxy) is 1. The van der Waals surface area contributed by atoms with Gasteiger partial charge in [0.15, 0.2) is 0 Å². The van der Waals surface area contributed by atoms with E-state index >= 15 is 0 Å². The summed E-state index contributed by atoms with van der Waals surface area (Å²) in [6.45, 7) is 5.31. The normalized spacial score (nSPS) is 10.8. The Morgan fingerprint density at radius 3 is 2.62 bits per heavy atom. The van der Waals surface area contributed by atoms with E-state index in [0.717, 1.165) is 27.7 Å². The van der Waals surface area contributed by atoms with Crippen molar-refractivity contribution >= 4 is 22.4 Å². The minimum Gasteiger partial charge on any atom is -0.473 e. The molecule has 0 spiro atoms. The summed E-state index contributed by atoms with van der Waals surface area (Å²) in [4.78, 5) is 12.7. The van der Waals surface area contributed by atoms with Gasteiger partial charge in [0.1, 0.15) is 24.6 Å². The maximum absolute atomic E-state index is 6.04. The van der Waals surface area contributed by atoms with Crippen molar-refractivity contribution in [2.45, 2.75) is 27.0 Å². The van der Waals surface area contributed by atoms with Gasteiger partial charge in [0, 0.05) is 24.2 Å². The third kappa shape index (κ3) is 4.11. The van der Waals surface area contributed by atoms with Crippen molar-refractivity contribution in [2.24, 2.45) is 0 Å². The molecule has 2 aromatic carbocycles. The fourth-order valence-corrected chi connectivity index (χ4v) is 3.43. The average molecular weight is 385 g/mol. The van der Waals surface area contributed by atoms with E-state index in [9.17, 15) is 0 Å². The van der Waals surface area contributed by atoms with Crippen LogP contribution in [-0.2, 0) is 13.2 Å². The number of aromatic nitrogens is 3. The topological polar surface area (TPSA) is 86.0 Å². The third-order valence-electron chi connectivity index (χ3n) is 5.03. The van der Waals surface area contributed by atoms with Gasteiger partial charge in [0.25, 0.3) is 0 Å². The number of pyridine rings is 1. The van der Waals surface area contributed by atoms with Crippen LogP contribution in [0.3, 0.4) is 0 Å². The van der Waals surface area contributed by atoms with Gasteiger partial charge in [-0.05, 0) is 53.6 Å². The molecule has 4 aromatic rings. The quantitative estimate of drug-likeness (QED) is 0.511. The second-order valence-corrected chi connectivity index (χ2v) is 6.96. The molecular weight excluding hydrogens is 362 g/mol. The van der Waals surface area contributed by atoms with Crippen LogP contribution in [0.4, 0.5) is 11.6 Å². The predicted molar refractivity (Wildman–Crippen MR) is 116 cm³/mol. The van der Waals surface area contributed by atoms with Crippen LogP contribution >= 0.6 is 0 Å². The molecule has 0 amide bonds. The lowest BCUT2D eigenvalue weighted by Gasteiger charge is -2.15. The van der Waals surface area contributed by atoms with E-state index in [0.29, 0.717) is 24.8 Å². The number of aryl methyl sites for hydroxylation is 2. The van der Waals surface area contributed by atoms with Gasteiger partial charge in [-0.2, -0.15) is 0 Å². The molecule has 0 saturated carbocycles. The third-order valence-corrected chi connectivity index (χ3v) is 5.03. The van der Waals surface area contributed by atoms with E-state index in [1.807, 2.05) is 42.5 Å². The van der Waals surface area contributed by atoms with Crippen LogP contribution in [0, 0.1) is 13.8 Å². The first-order valence-corrected chi connectivity index (χ1v) is 9.47. The van der Waals surface area contributed by atoms with Crippen molar-refractivity contribution < 1.29 is 4.74 Å². The van der Waals surface area contributed by atoms with E-state index in [1.165, 1.54) is 17.5 Å². The summed E-state index contributed by atoms with van der Waals surface area (Å²) in [5, 5.41) is 5.49. The zero-order valence-corrected chi connectivity index (χ0v) is 16.5. The molecule has 2 heterocycles. The molecule has 0 radical (unpaired) electrons. The molecule has 0 unspecified atom stereocenters. The average Bonchev–Trinajstić information content (AvgIpc) is 2.74. The second kappa shape index (κ2) is 8.14. The van der Waals surface area contributed by atoms with Gasteiger partial charge in [-0.15, -0.1) is 0 Å². The number of nitrogen functional groups attached to an aromatic ring is 1. The first-order chi connectivity index (χ1) is 14.1. The molecule has 0 atom stereocenters. The van der Waals surface area contributed by atoms with E-state index in [-0.39, 0.29) is 0 Å². The number of nitrogens with two attached hydrogens (primary N) is 1. The number of hydrogen-bond acceptors (Lipinski definition) is 6. The van der Waals surface area contributed by atoms with Crippen LogP contribution in [-0.4, -0.2) is 15.0 Å². The standard InChI is InChI=1S/C23H23N5O/c1-15-10-19-18(8-9-25-23(19)24)16(2)20(15)12-26-21-11-22(28-14-27-21)29-13-17-6-4-3-5-7-17/h3-11,14H,12-13H2,1-2H3,(H2,24,25)(H,26,27,28). The smallest absolute Gasteiger partial charge is 0.218 e. The molecule has 6 nitrogen and oxygen atoms in total. The van der Waals surface area contributed by atoms with E-state index in [1.54, 1.807) is 6.20 Å². The summed E-state index contributed by atoms with van der Waals surface area (Å²) < 4.78 is 5.79. The molecule has 6 heteroatoms. The Kier molecular flexibility index (Phi) is 5.24. The number of rotatable bonds is 6. The van der Waals surface area contributed by atoms with Gasteiger partial charge >= 0.3 is 0 Å². The SMILES string of the molecule is Cc1cc2c(N)nccc2c(C)c1CNc1cc(OCc2ccccc2)ncn1. The Morgan fingerprint density at radius 2 is 1.79 bits per heavy atom. The van der Waals surface area contributed by atoms with E-state index in [2.05, 4.69) is 40.2 Å². The fourth-order valence-electron chi connectivity index (χ4n) is 3.43. The highest BCUT2D eigenvalue weighted by Gasteiger charge is 2.10. The molecule has 0 bridgehead atoms. The molecule has 2 aromatic heterocycles. The molecule has 0 aliphatic rings. The van der Waals surface area contributed by atoms with Crippen LogP contribution < -0.4 is 15.8 Å². The molecule has 3 N–H and O–H groups in total. The van der Waals surface area contributed by atoms with Crippen molar-refractivity contribution in [1.82, 2.24) is 15.0 Å². The first-order valence-electron chi connectivity index (χ1n) is 9.47. The van der Waals surface area contributed by atoms with Gasteiger partial charge in [-0.1, -0.05) is 30.3 Å². The Labute approximate surface area is 169 Å². The largest absolute Gasteiger partial charge is 0.473 e. The van der Waals surface area contributed by atoms with Crippen LogP contribution in [0.15, 0.2) is 61.1 Å². The summed E-state index contributed by atoms with van der Waals surface area (Å²) in [7, 11) is 0. The Bertz CT molecular complexity index is 1140. The van der Waals surface area contributed by atoms with Gasteiger partial charge in [-0.25, -0.2) is 15.0 Å². The van der Waals surface area contributed by atoms with Crippen molar-refractivity contribution in [3.63, 3.8) is 0 Å². The second-order valence-electron chi connectivity index (χ2n) is 6.96. The predicted octanol–water partition coefficient (Wildman–Crippen LogP) is 4.41. The number of nitrogens with zero attached hydrogens (tertiary/aromatic N) is 3. The minimum atomic E-state index is 0.468. The Balaban J connectivity index is 1.49. The van der Waals surface area contributed by atoms with E-state index in [4.69, 9.17) is 10.5 Å². The van der Waals surface area contributed by atoms with Crippen molar-refractivity contribution in [1.29, 1.82) is 0 Å². The number of hydrogen-bond donors (Lipinski definition) is 2. The number of nitrogens with one attached hydrogen (secondary N) is 1. The molecule has 0 fully saturated rings. The van der Waals surface area contributed by atoms with Crippen LogP contribution in [0.25, 0.3) is 10.8 Å². The van der Waals surface area contributed by atoms with Crippen molar-refractivity contribution in [3.05, 3.63) is 83.3 Å². The number of benzene rings is 2. The monoisotopic (exact) mass is 385 g/mol. The maximum atomic E-state index is 6.04.